The van der Waals surface area contributed by atoms with Gasteiger partial charge in [-0.25, -0.2) is 0 Å². The zero-order valence-electron chi connectivity index (χ0n) is 2.76. The predicted molar refractivity (Wildman–Crippen MR) is 20.8 cm³/mol. The minimum atomic E-state index is 0. The Morgan fingerprint density at radius 2 is 0.400 bits per heavy atom. The summed E-state index contributed by atoms with van der Waals surface area (Å²) in [5.41, 5.74) is 0. The average molecular weight is 318 g/mol. The molecule has 0 radical (unpaired) electrons. The molecule has 5 heavy (non-hydrogen) atoms. The number of hydrogen-bond donors (Lipinski definition) is 0. The van der Waals surface area contributed by atoms with Crippen molar-refractivity contribution >= 4 is 29.7 Å². The molecule has 0 rings (SSSR count). The summed E-state index contributed by atoms with van der Waals surface area (Å²) in [6.45, 7) is 0. The van der Waals surface area contributed by atoms with Crippen molar-refractivity contribution < 1.29 is 54.6 Å². The zero-order chi connectivity index (χ0) is 0. The van der Waals surface area contributed by atoms with Crippen LogP contribution >= 0.6 is 29.7 Å². The Balaban J connectivity index is 0. The van der Waals surface area contributed by atoms with Crippen LogP contribution in [-0.2, 0) is 54.6 Å². The molecule has 0 aliphatic rings. The van der Waals surface area contributed by atoms with Gasteiger partial charge < -0.3 is 29.7 Å². The van der Waals surface area contributed by atoms with E-state index in [1.165, 1.54) is 0 Å². The van der Waals surface area contributed by atoms with E-state index in [1.807, 2.05) is 0 Å². The molecule has 0 aliphatic carbocycles. The van der Waals surface area contributed by atoms with Crippen LogP contribution in [0.4, 0.5) is 0 Å². The molecule has 0 atom stereocenters. The second kappa shape index (κ2) is 27.3. The first-order valence-electron chi connectivity index (χ1n) is 0. The van der Waals surface area contributed by atoms with Gasteiger partial charge in [-0.2, -0.15) is 0 Å². The molecule has 0 aromatic carbocycles. The van der Waals surface area contributed by atoms with Crippen molar-refractivity contribution in [2.45, 2.75) is 0 Å². The van der Waals surface area contributed by atoms with Crippen LogP contribution in [-0.4, -0.2) is 0 Å². The maximum Gasteiger partial charge on any atom is 2.00 e. The van der Waals surface area contributed by atoms with Crippen LogP contribution in [0, 0.1) is 0 Å². The molecule has 0 unspecified atom stereocenters. The van der Waals surface area contributed by atoms with Crippen molar-refractivity contribution in [2.75, 3.05) is 0 Å². The van der Waals surface area contributed by atoms with Gasteiger partial charge in [-0.3, -0.25) is 0 Å². The largest absolute Gasteiger partial charge is 3.00 e. The first-order valence-corrected chi connectivity index (χ1v) is 0. The summed E-state index contributed by atoms with van der Waals surface area (Å²) in [7, 11) is 0. The van der Waals surface area contributed by atoms with Gasteiger partial charge in [0.25, 0.3) is 0 Å². The standard InChI is InChI=1S/2Cd.3P/q2*+2;3*-3. The summed E-state index contributed by atoms with van der Waals surface area (Å²) in [6.07, 6.45) is 0. The quantitative estimate of drug-likeness (QED) is 0.476. The van der Waals surface area contributed by atoms with Crippen LogP contribution in [0.5, 0.6) is 0 Å². The van der Waals surface area contributed by atoms with Gasteiger partial charge in [-0.05, 0) is 0 Å². The normalized spacial score (nSPS) is 0. The third-order valence-corrected chi connectivity index (χ3v) is 0. The van der Waals surface area contributed by atoms with E-state index in [1.54, 1.807) is 0 Å². The third kappa shape index (κ3) is 19.1. The Hall–Kier alpha value is 3.13. The van der Waals surface area contributed by atoms with Gasteiger partial charge in [0.15, 0.2) is 0 Å². The molecule has 0 saturated heterocycles. The van der Waals surface area contributed by atoms with Crippen LogP contribution in [0.2, 0.25) is 0 Å². The molecular formula is Cd2P3-5. The molecule has 0 nitrogen and oxygen atoms in total. The van der Waals surface area contributed by atoms with Crippen molar-refractivity contribution in [1.29, 1.82) is 0 Å². The average Bonchev–Trinajstić information content (AvgIpc) is 0. The van der Waals surface area contributed by atoms with Crippen LogP contribution in [0.15, 0.2) is 0 Å². The number of rotatable bonds is 0. The third-order valence-electron chi connectivity index (χ3n) is 0. The second-order valence-corrected chi connectivity index (χ2v) is 0. The summed E-state index contributed by atoms with van der Waals surface area (Å²) >= 11 is 0. The fraction of sp³-hybridized carbons (Fsp3) is 0. The Bertz CT molecular complexity index is 4.85. The van der Waals surface area contributed by atoms with E-state index in [4.69, 9.17) is 0 Å². The van der Waals surface area contributed by atoms with E-state index in [9.17, 15) is 0 Å². The molecule has 0 aromatic heterocycles. The van der Waals surface area contributed by atoms with E-state index < -0.39 is 0 Å². The minimum Gasteiger partial charge on any atom is -3.00 e. The molecule has 0 fully saturated rings. The Morgan fingerprint density at radius 1 is 0.400 bits per heavy atom. The van der Waals surface area contributed by atoms with Crippen LogP contribution in [0.1, 0.15) is 0 Å². The van der Waals surface area contributed by atoms with Gasteiger partial charge in [-0.15, -0.1) is 0 Å². The molecule has 0 saturated carbocycles. The van der Waals surface area contributed by atoms with E-state index in [-0.39, 0.29) is 84.3 Å². The first-order chi connectivity index (χ1) is 0. The maximum atomic E-state index is 0. The fourth-order valence-electron chi connectivity index (χ4n) is 0. The number of hydrogen-bond acceptors (Lipinski definition) is 0. The van der Waals surface area contributed by atoms with Crippen LogP contribution < -0.4 is 0 Å². The topological polar surface area (TPSA) is 0 Å². The molecule has 0 aliphatic heterocycles. The first kappa shape index (κ1) is 42.1. The van der Waals surface area contributed by atoms with Crippen molar-refractivity contribution in [3.8, 4) is 0 Å². The van der Waals surface area contributed by atoms with Crippen LogP contribution in [0.25, 0.3) is 0 Å². The molecule has 24 valence electrons. The molecule has 0 bridgehead atoms. The second-order valence-electron chi connectivity index (χ2n) is 0. The molecule has 0 aromatic rings. The van der Waals surface area contributed by atoms with E-state index >= 15 is 0 Å². The van der Waals surface area contributed by atoms with Gasteiger partial charge in [-0.1, -0.05) is 0 Å². The van der Waals surface area contributed by atoms with Gasteiger partial charge >= 0.3 is 54.6 Å². The summed E-state index contributed by atoms with van der Waals surface area (Å²) in [5, 5.41) is 0. The molecule has 5 heteroatoms. The summed E-state index contributed by atoms with van der Waals surface area (Å²) in [5.74, 6) is 0. The van der Waals surface area contributed by atoms with Gasteiger partial charge in [0, 0.05) is 0 Å². The van der Waals surface area contributed by atoms with E-state index in [0.717, 1.165) is 0 Å². The molecule has 0 N–H and O–H groups in total. The molecule has 0 spiro atoms. The van der Waals surface area contributed by atoms with Crippen molar-refractivity contribution in [3.05, 3.63) is 0 Å². The summed E-state index contributed by atoms with van der Waals surface area (Å²) in [6, 6.07) is 0. The minimum absolute atomic E-state index is 0. The van der Waals surface area contributed by atoms with Crippen molar-refractivity contribution in [2.24, 2.45) is 0 Å². The summed E-state index contributed by atoms with van der Waals surface area (Å²) in [4.78, 5) is 0. The van der Waals surface area contributed by atoms with E-state index in [2.05, 4.69) is 0 Å². The summed E-state index contributed by atoms with van der Waals surface area (Å²) < 4.78 is 0. The monoisotopic (exact) mass is 321 g/mol. The Morgan fingerprint density at radius 3 is 0.400 bits per heavy atom. The Labute approximate surface area is 83.2 Å². The molecule has 0 heterocycles. The van der Waals surface area contributed by atoms with Crippen molar-refractivity contribution in [3.63, 3.8) is 0 Å². The maximum absolute atomic E-state index is 0. The SMILES string of the molecule is [Cd+2].[Cd+2].[P-3].[P-3].[P-3]. The van der Waals surface area contributed by atoms with E-state index in [0.29, 0.717) is 0 Å². The molecule has 0 amide bonds. The smallest absolute Gasteiger partial charge is 2.00 e. The van der Waals surface area contributed by atoms with Gasteiger partial charge in [0.05, 0.1) is 0 Å². The molecular weight excluding hydrogens is 318 g/mol. The zero-order valence-corrected chi connectivity index (χ0v) is 13.5. The van der Waals surface area contributed by atoms with Gasteiger partial charge in [0.2, 0.25) is 0 Å². The Kier molecular flexibility index (Phi) is 230. The van der Waals surface area contributed by atoms with Crippen molar-refractivity contribution in [1.82, 2.24) is 0 Å². The fourth-order valence-corrected chi connectivity index (χ4v) is 0. The van der Waals surface area contributed by atoms with Gasteiger partial charge in [0.1, 0.15) is 0 Å². The predicted octanol–water partition coefficient (Wildman–Crippen LogP) is 2.58. The van der Waals surface area contributed by atoms with Crippen LogP contribution in [0.3, 0.4) is 0 Å².